The largest absolute Gasteiger partial charge is 0.748 e. The lowest BCUT2D eigenvalue weighted by Crippen LogP contribution is -2.36. The van der Waals surface area contributed by atoms with Gasteiger partial charge in [0.2, 0.25) is 5.91 Å². The van der Waals surface area contributed by atoms with Crippen molar-refractivity contribution in [3.63, 3.8) is 0 Å². The highest BCUT2D eigenvalue weighted by Crippen LogP contribution is 2.66. The van der Waals surface area contributed by atoms with Crippen LogP contribution in [-0.4, -0.2) is 109 Å². The van der Waals surface area contributed by atoms with E-state index in [1.54, 1.807) is 41.2 Å². The van der Waals surface area contributed by atoms with Gasteiger partial charge in [-0.3, -0.25) is 13.9 Å². The number of hydrogen-bond donors (Lipinski definition) is 8. The van der Waals surface area contributed by atoms with E-state index >= 15 is 0 Å². The lowest BCUT2D eigenvalue weighted by Gasteiger charge is -2.23. The van der Waals surface area contributed by atoms with Crippen LogP contribution in [-0.2, 0) is 53.0 Å². The highest BCUT2D eigenvalue weighted by molar-refractivity contribution is 7.85. The molecule has 366 valence electrons. The molecule has 5 rings (SSSR count). The topological polar surface area (TPSA) is 394 Å². The Labute approximate surface area is 381 Å². The molecule has 67 heavy (non-hydrogen) atoms. The van der Waals surface area contributed by atoms with E-state index in [4.69, 9.17) is 24.7 Å². The van der Waals surface area contributed by atoms with Crippen LogP contribution < -0.4 is 31.8 Å². The zero-order chi connectivity index (χ0) is 49.3. The molecular formula is C37H47N6O20P3S. The van der Waals surface area contributed by atoms with Crippen LogP contribution in [0.2, 0.25) is 0 Å². The molecule has 4 heterocycles. The van der Waals surface area contributed by atoms with Crippen LogP contribution in [0, 0.1) is 11.8 Å². The molecule has 1 aliphatic heterocycles. The van der Waals surface area contributed by atoms with Crippen molar-refractivity contribution in [1.29, 1.82) is 0 Å². The van der Waals surface area contributed by atoms with E-state index in [0.717, 1.165) is 18.3 Å². The molecule has 1 aliphatic rings. The number of unbranched alkanes of at least 4 members (excludes halogenated alkanes) is 2. The Hall–Kier alpha value is -4.71. The van der Waals surface area contributed by atoms with Gasteiger partial charge in [0.05, 0.1) is 34.4 Å². The number of aryl methyl sites for hydroxylation is 1. The van der Waals surface area contributed by atoms with Crippen molar-refractivity contribution < 1.29 is 88.1 Å². The smallest absolute Gasteiger partial charge is 0.490 e. The summed E-state index contributed by atoms with van der Waals surface area (Å²) in [5.41, 5.74) is 6.40. The Morgan fingerprint density at radius 3 is 2.40 bits per heavy atom. The number of nitrogens with one attached hydrogen (secondary N) is 1. The Kier molecular flexibility index (Phi) is 18.0. The number of fused-ring (bicyclic) bond motifs is 1. The van der Waals surface area contributed by atoms with Crippen LogP contribution in [0.5, 0.6) is 0 Å². The third-order valence-corrected chi connectivity index (χ3v) is 14.4. The third kappa shape index (κ3) is 15.9. The summed E-state index contributed by atoms with van der Waals surface area (Å²) in [5, 5.41) is 24.4. The van der Waals surface area contributed by atoms with Crippen LogP contribution in [0.4, 0.5) is 11.5 Å². The number of carbonyl (C=O) groups is 1. The second-order valence-corrected chi connectivity index (χ2v) is 20.7. The Bertz CT molecular complexity index is 2870. The normalized spacial score (nSPS) is 19.3. The summed E-state index contributed by atoms with van der Waals surface area (Å²) < 4.78 is 92.3. The molecule has 2 unspecified atom stereocenters. The van der Waals surface area contributed by atoms with E-state index in [-0.39, 0.29) is 36.7 Å². The summed E-state index contributed by atoms with van der Waals surface area (Å²) in [6, 6.07) is 10.7. The number of hydrogen-bond acceptors (Lipinski definition) is 19. The number of aliphatic hydroxyl groups excluding tert-OH is 2. The molecule has 0 saturated carbocycles. The number of ether oxygens (including phenoxy) is 1. The summed E-state index contributed by atoms with van der Waals surface area (Å²) in [7, 11) is -21.4. The maximum atomic E-state index is 13.0. The number of nitrogens with two attached hydrogens (primary N) is 1. The number of benzene rings is 1. The lowest BCUT2D eigenvalue weighted by atomic mass is 10.1. The number of nitrogen functional groups attached to an aromatic ring is 1. The van der Waals surface area contributed by atoms with Crippen molar-refractivity contribution >= 4 is 62.0 Å². The van der Waals surface area contributed by atoms with Crippen LogP contribution in [0.25, 0.3) is 22.1 Å². The summed E-state index contributed by atoms with van der Waals surface area (Å²) in [6.45, 7) is 2.37. The number of carbonyl (C=O) groups excluding carboxylic acids is 1. The molecule has 1 saturated heterocycles. The molecule has 0 spiro atoms. The summed E-state index contributed by atoms with van der Waals surface area (Å²) in [4.78, 5) is 80.2. The van der Waals surface area contributed by atoms with Gasteiger partial charge in [-0.05, 0) is 38.0 Å². The maximum Gasteiger partial charge on any atom is 0.490 e. The molecule has 0 bridgehead atoms. The fraction of sp³-hybridized carbons (Fsp3) is 0.432. The molecule has 9 N–H and O–H groups in total. The van der Waals surface area contributed by atoms with Crippen molar-refractivity contribution in [3.05, 3.63) is 81.5 Å². The van der Waals surface area contributed by atoms with Crippen molar-refractivity contribution in [3.8, 4) is 23.0 Å². The zero-order valence-electron chi connectivity index (χ0n) is 35.3. The van der Waals surface area contributed by atoms with Gasteiger partial charge in [-0.25, -0.2) is 36.3 Å². The van der Waals surface area contributed by atoms with Gasteiger partial charge in [-0.1, -0.05) is 18.3 Å². The lowest BCUT2D eigenvalue weighted by molar-refractivity contribution is -0.696. The van der Waals surface area contributed by atoms with Crippen LogP contribution in [0.15, 0.2) is 69.0 Å². The maximum absolute atomic E-state index is 13.0. The van der Waals surface area contributed by atoms with Gasteiger partial charge in [-0.15, -0.1) is 0 Å². The second kappa shape index (κ2) is 22.6. The molecule has 0 aliphatic carbocycles. The predicted molar refractivity (Wildman–Crippen MR) is 232 cm³/mol. The molecule has 26 nitrogen and oxygen atoms in total. The minimum atomic E-state index is -5.83. The first-order valence-corrected chi connectivity index (χ1v) is 26.1. The number of rotatable bonds is 22. The number of phosphoric acid groups is 3. The number of phosphoric ester groups is 1. The highest BCUT2D eigenvalue weighted by atomic mass is 32.2. The minimum absolute atomic E-state index is 0.0507. The van der Waals surface area contributed by atoms with Crippen molar-refractivity contribution in [2.24, 2.45) is 0 Å². The van der Waals surface area contributed by atoms with Crippen molar-refractivity contribution in [2.75, 3.05) is 42.6 Å². The molecule has 1 fully saturated rings. The molecule has 30 heteroatoms. The third-order valence-electron chi connectivity index (χ3n) is 9.82. The summed E-state index contributed by atoms with van der Waals surface area (Å²) >= 11 is 0. The Morgan fingerprint density at radius 2 is 1.73 bits per heavy atom. The standard InChI is InChI=1S/C37H47N6O20P3S/c1-2-42(27-11-10-25-20-28(36(47)61-29(25)21-27)24-12-17-41(18-13-24)15-7-19-67(56,57)58)16-5-3-4-9-31(44)39-14-6-8-26-22-43(37(48)40-34(26)38)35-33(46)32(45)30(60-35)23-59-65(52,53)63-66(54,55)62-64(49,50)51/h10-13,17-18,20-22,30,32-33,35,45-46H,2-5,7,9,14-16,19,23H2,1H3,(H7-,38,39,40,44,48,49,50,51,52,53,54,55,56,57,58)/t30-,32-,33-,35-/m1/s1. The molecule has 1 aromatic carbocycles. The van der Waals surface area contributed by atoms with Gasteiger partial charge in [0, 0.05) is 72.7 Å². The molecular weight excluding hydrogens is 973 g/mol. The van der Waals surface area contributed by atoms with Crippen LogP contribution >= 0.6 is 23.5 Å². The van der Waals surface area contributed by atoms with Crippen LogP contribution in [0.1, 0.15) is 50.8 Å². The quantitative estimate of drug-likeness (QED) is 0.0131. The van der Waals surface area contributed by atoms with Gasteiger partial charge in [-0.2, -0.15) is 13.6 Å². The molecule has 3 aromatic heterocycles. The van der Waals surface area contributed by atoms with Gasteiger partial charge in [0.15, 0.2) is 18.6 Å². The monoisotopic (exact) mass is 1020 g/mol. The average Bonchev–Trinajstić information content (AvgIpc) is 3.50. The Balaban J connectivity index is 1.07. The second-order valence-electron chi connectivity index (χ2n) is 14.7. The number of anilines is 2. The fourth-order valence-electron chi connectivity index (χ4n) is 6.64. The first kappa shape index (κ1) is 53.2. The SMILES string of the molecule is CCN(CCCCCC(=O)NCC#Cc1cn([C@@H]2O[C@H](COP(=O)(O)OP(=O)(O)OP(=O)(O)O)[C@@H](O)[C@H]2O)c(=O)nc1N)c1ccc2cc(-c3cc[n+](CCCS(=O)(=O)[O-])cc3)c(=O)oc2c1. The van der Waals surface area contributed by atoms with Crippen molar-refractivity contribution in [1.82, 2.24) is 14.9 Å². The van der Waals surface area contributed by atoms with Gasteiger partial charge in [0.25, 0.3) is 0 Å². The molecule has 1 amide bonds. The minimum Gasteiger partial charge on any atom is -0.748 e. The number of aliphatic hydroxyl groups is 2. The fourth-order valence-corrected chi connectivity index (χ4v) is 10.2. The molecule has 6 atom stereocenters. The predicted octanol–water partition coefficient (Wildman–Crippen LogP) is 0.339. The average molecular weight is 1020 g/mol. The van der Waals surface area contributed by atoms with E-state index in [9.17, 15) is 61.0 Å². The van der Waals surface area contributed by atoms with Crippen molar-refractivity contribution in [2.45, 2.75) is 70.1 Å². The van der Waals surface area contributed by atoms with E-state index < -0.39 is 81.8 Å². The number of aromatic nitrogens is 3. The van der Waals surface area contributed by atoms with E-state index in [1.807, 2.05) is 19.1 Å². The zero-order valence-corrected chi connectivity index (χ0v) is 38.8. The number of pyridine rings is 1. The van der Waals surface area contributed by atoms with E-state index in [0.29, 0.717) is 59.1 Å². The van der Waals surface area contributed by atoms with E-state index in [1.165, 1.54) is 0 Å². The van der Waals surface area contributed by atoms with Gasteiger partial charge < -0.3 is 59.4 Å². The van der Waals surface area contributed by atoms with Gasteiger partial charge in [0.1, 0.15) is 36.3 Å². The summed E-state index contributed by atoms with van der Waals surface area (Å²) in [6.07, 6.45) is -0.370. The highest BCUT2D eigenvalue weighted by Gasteiger charge is 2.47. The first-order valence-electron chi connectivity index (χ1n) is 20.0. The molecule has 0 radical (unpaired) electrons. The van der Waals surface area contributed by atoms with Crippen LogP contribution in [0.3, 0.4) is 0 Å². The number of nitrogens with zero attached hydrogens (tertiary/aromatic N) is 4. The Morgan fingerprint density at radius 1 is 1.01 bits per heavy atom. The number of amides is 1. The summed E-state index contributed by atoms with van der Waals surface area (Å²) in [5.74, 6) is 4.22. The first-order chi connectivity index (χ1) is 31.3. The van der Waals surface area contributed by atoms with Gasteiger partial charge >= 0.3 is 34.8 Å². The van der Waals surface area contributed by atoms with E-state index in [2.05, 4.69) is 40.2 Å². The molecule has 4 aromatic rings.